The van der Waals surface area contributed by atoms with Crippen LogP contribution in [0.1, 0.15) is 24.8 Å². The number of para-hydroxylation sites is 1. The van der Waals surface area contributed by atoms with Crippen LogP contribution in [0, 0.1) is 0 Å². The molecule has 3 aliphatic rings. The highest BCUT2D eigenvalue weighted by molar-refractivity contribution is 7.58. The number of benzene rings is 1. The summed E-state index contributed by atoms with van der Waals surface area (Å²) in [7, 11) is -2.81. The minimum atomic E-state index is -2.81. The van der Waals surface area contributed by atoms with Crippen molar-refractivity contribution in [2.75, 3.05) is 24.4 Å². The third-order valence-corrected chi connectivity index (χ3v) is 7.18. The monoisotopic (exact) mass is 278 g/mol. The summed E-state index contributed by atoms with van der Waals surface area (Å²) in [6.45, 7) is 2.40. The van der Waals surface area contributed by atoms with Crippen molar-refractivity contribution < 1.29 is 9.09 Å². The third kappa shape index (κ3) is 1.70. The van der Waals surface area contributed by atoms with Gasteiger partial charge in [0, 0.05) is 24.8 Å². The van der Waals surface area contributed by atoms with Crippen LogP contribution in [-0.4, -0.2) is 30.4 Å². The molecule has 2 unspecified atom stereocenters. The van der Waals surface area contributed by atoms with Crippen molar-refractivity contribution in [1.29, 1.82) is 0 Å². The van der Waals surface area contributed by atoms with Crippen molar-refractivity contribution in [3.05, 3.63) is 29.8 Å². The molecule has 0 N–H and O–H groups in total. The van der Waals surface area contributed by atoms with Gasteiger partial charge in [-0.05, 0) is 37.3 Å². The van der Waals surface area contributed by atoms with Crippen LogP contribution in [0.4, 0.5) is 5.69 Å². The van der Waals surface area contributed by atoms with E-state index in [4.69, 9.17) is 4.52 Å². The van der Waals surface area contributed by atoms with Gasteiger partial charge in [-0.3, -0.25) is 9.19 Å². The number of aryl methyl sites for hydroxylation is 1. The summed E-state index contributed by atoms with van der Waals surface area (Å²) in [5.41, 5.74) is 2.42. The Morgan fingerprint density at radius 3 is 3.05 bits per heavy atom. The van der Waals surface area contributed by atoms with E-state index >= 15 is 0 Å². The van der Waals surface area contributed by atoms with Gasteiger partial charge in [0.25, 0.3) is 0 Å². The zero-order valence-corrected chi connectivity index (χ0v) is 11.9. The fourth-order valence-electron chi connectivity index (χ4n) is 3.56. The Morgan fingerprint density at radius 2 is 2.11 bits per heavy atom. The van der Waals surface area contributed by atoms with E-state index < -0.39 is 7.67 Å². The Balaban J connectivity index is 1.75. The first kappa shape index (κ1) is 12.0. The SMILES string of the molecule is O=P1(N2CCCc3ccccc32)OCC2CCCN21. The predicted molar refractivity (Wildman–Crippen MR) is 75.4 cm³/mol. The van der Waals surface area contributed by atoms with Crippen molar-refractivity contribution in [1.82, 2.24) is 4.67 Å². The second-order valence-electron chi connectivity index (χ2n) is 5.60. The maximum Gasteiger partial charge on any atom is 0.371 e. The molecule has 0 saturated carbocycles. The molecule has 3 aliphatic heterocycles. The molecule has 2 atom stereocenters. The fourth-order valence-corrected chi connectivity index (χ4v) is 6.35. The topological polar surface area (TPSA) is 32.8 Å². The van der Waals surface area contributed by atoms with Crippen LogP contribution in [0.5, 0.6) is 0 Å². The highest BCUT2D eigenvalue weighted by atomic mass is 31.2. The van der Waals surface area contributed by atoms with Crippen LogP contribution in [0.3, 0.4) is 0 Å². The zero-order valence-electron chi connectivity index (χ0n) is 11.0. The van der Waals surface area contributed by atoms with Gasteiger partial charge >= 0.3 is 7.67 Å². The Kier molecular flexibility index (Phi) is 2.73. The molecule has 0 aliphatic carbocycles. The first-order valence-electron chi connectivity index (χ1n) is 7.17. The average molecular weight is 278 g/mol. The largest absolute Gasteiger partial charge is 0.371 e. The molecule has 0 aromatic heterocycles. The lowest BCUT2D eigenvalue weighted by atomic mass is 10.0. The first-order valence-corrected chi connectivity index (χ1v) is 8.70. The Bertz CT molecular complexity index is 548. The molecule has 102 valence electrons. The average Bonchev–Trinajstić information content (AvgIpc) is 3.03. The van der Waals surface area contributed by atoms with E-state index in [-0.39, 0.29) is 0 Å². The van der Waals surface area contributed by atoms with Crippen molar-refractivity contribution in [3.63, 3.8) is 0 Å². The minimum Gasteiger partial charge on any atom is -0.300 e. The molecule has 19 heavy (non-hydrogen) atoms. The lowest BCUT2D eigenvalue weighted by Gasteiger charge is -2.37. The van der Waals surface area contributed by atoms with Crippen LogP contribution in [0.2, 0.25) is 0 Å². The summed E-state index contributed by atoms with van der Waals surface area (Å²) in [4.78, 5) is 0. The van der Waals surface area contributed by atoms with Crippen LogP contribution in [-0.2, 0) is 15.5 Å². The summed E-state index contributed by atoms with van der Waals surface area (Å²) in [6.07, 6.45) is 4.41. The summed E-state index contributed by atoms with van der Waals surface area (Å²) < 4.78 is 23.4. The van der Waals surface area contributed by atoms with Gasteiger partial charge in [0.2, 0.25) is 0 Å². The van der Waals surface area contributed by atoms with Crippen LogP contribution >= 0.6 is 7.67 Å². The van der Waals surface area contributed by atoms with Gasteiger partial charge in [-0.15, -0.1) is 0 Å². The van der Waals surface area contributed by atoms with Crippen molar-refractivity contribution in [2.24, 2.45) is 0 Å². The van der Waals surface area contributed by atoms with Crippen LogP contribution in [0.15, 0.2) is 24.3 Å². The molecule has 5 heteroatoms. The van der Waals surface area contributed by atoms with Crippen molar-refractivity contribution >= 4 is 13.4 Å². The summed E-state index contributed by atoms with van der Waals surface area (Å²) >= 11 is 0. The van der Waals surface area contributed by atoms with E-state index in [2.05, 4.69) is 27.5 Å². The second kappa shape index (κ2) is 4.34. The second-order valence-corrected chi connectivity index (χ2v) is 7.84. The highest BCUT2D eigenvalue weighted by Crippen LogP contribution is 2.63. The van der Waals surface area contributed by atoms with Gasteiger partial charge in [-0.1, -0.05) is 18.2 Å². The molecule has 4 nitrogen and oxygen atoms in total. The standard InChI is InChI=1S/C14H19N2O2P/c17-19(15-9-4-7-13(15)11-18-19)16-10-3-6-12-5-1-2-8-14(12)16/h1-2,5,8,13H,3-4,6-7,9-11H2. The number of anilines is 1. The Morgan fingerprint density at radius 1 is 1.21 bits per heavy atom. The predicted octanol–water partition coefficient (Wildman–Crippen LogP) is 3.04. The molecular weight excluding hydrogens is 259 g/mol. The summed E-state index contributed by atoms with van der Waals surface area (Å²) in [5, 5.41) is 0. The summed E-state index contributed by atoms with van der Waals surface area (Å²) in [5.74, 6) is 0. The quantitative estimate of drug-likeness (QED) is 0.739. The van der Waals surface area contributed by atoms with E-state index in [1.807, 2.05) is 6.07 Å². The van der Waals surface area contributed by atoms with Crippen molar-refractivity contribution in [3.8, 4) is 0 Å². The normalized spacial score (nSPS) is 34.3. The molecule has 1 aromatic rings. The molecule has 0 radical (unpaired) electrons. The molecule has 4 rings (SSSR count). The van der Waals surface area contributed by atoms with Gasteiger partial charge in [0.15, 0.2) is 0 Å². The zero-order chi connectivity index (χ0) is 12.9. The third-order valence-electron chi connectivity index (χ3n) is 4.50. The van der Waals surface area contributed by atoms with E-state index in [0.717, 1.165) is 44.5 Å². The van der Waals surface area contributed by atoms with E-state index in [1.54, 1.807) is 0 Å². The Labute approximate surface area is 113 Å². The molecule has 0 bridgehead atoms. The van der Waals surface area contributed by atoms with Gasteiger partial charge in [-0.2, -0.15) is 0 Å². The molecule has 2 saturated heterocycles. The maximum atomic E-state index is 13.4. The summed E-state index contributed by atoms with van der Waals surface area (Å²) in [6, 6.07) is 8.69. The lowest BCUT2D eigenvalue weighted by Crippen LogP contribution is -2.33. The Hall–Kier alpha value is -0.830. The highest BCUT2D eigenvalue weighted by Gasteiger charge is 2.51. The number of fused-ring (bicyclic) bond motifs is 2. The van der Waals surface area contributed by atoms with E-state index in [0.29, 0.717) is 12.6 Å². The van der Waals surface area contributed by atoms with Gasteiger partial charge in [0.1, 0.15) is 0 Å². The van der Waals surface area contributed by atoms with Gasteiger partial charge < -0.3 is 0 Å². The molecule has 0 spiro atoms. The molecular formula is C14H19N2O2P. The van der Waals surface area contributed by atoms with Gasteiger partial charge in [-0.25, -0.2) is 9.24 Å². The van der Waals surface area contributed by atoms with E-state index in [1.165, 1.54) is 5.56 Å². The lowest BCUT2D eigenvalue weighted by molar-refractivity contribution is 0.326. The van der Waals surface area contributed by atoms with Crippen LogP contribution in [0.25, 0.3) is 0 Å². The van der Waals surface area contributed by atoms with Crippen LogP contribution < -0.4 is 4.67 Å². The number of nitrogens with zero attached hydrogens (tertiary/aromatic N) is 2. The maximum absolute atomic E-state index is 13.4. The minimum absolute atomic E-state index is 0.375. The smallest absolute Gasteiger partial charge is 0.300 e. The number of hydrogen-bond donors (Lipinski definition) is 0. The molecule has 1 aromatic carbocycles. The van der Waals surface area contributed by atoms with E-state index in [9.17, 15) is 4.57 Å². The molecule has 2 fully saturated rings. The first-order chi connectivity index (χ1) is 9.29. The van der Waals surface area contributed by atoms with Gasteiger partial charge in [0.05, 0.1) is 6.61 Å². The molecule has 0 amide bonds. The molecule has 3 heterocycles. The van der Waals surface area contributed by atoms with Crippen molar-refractivity contribution in [2.45, 2.75) is 31.7 Å². The number of hydrogen-bond acceptors (Lipinski definition) is 2. The number of rotatable bonds is 1. The fraction of sp³-hybridized carbons (Fsp3) is 0.571.